The third kappa shape index (κ3) is 1.98. The highest BCUT2D eigenvalue weighted by atomic mass is 16.5. The van der Waals surface area contributed by atoms with Crippen LogP contribution in [0.1, 0.15) is 31.4 Å². The first-order chi connectivity index (χ1) is 9.29. The average Bonchev–Trinajstić information content (AvgIpc) is 2.96. The zero-order chi connectivity index (χ0) is 13.3. The fraction of sp³-hybridized carbons (Fsp3) is 0.438. The van der Waals surface area contributed by atoms with Gasteiger partial charge in [0.15, 0.2) is 0 Å². The number of methoxy groups -OCH3 is 1. The molecule has 0 amide bonds. The standard InChI is InChI=1S/C16H20N2O/c1-19-13-6-4-5-12-7-8-14(18-15(12)13)16(11-17)9-2-3-10-16/h4-8H,2-3,9-11,17H2,1H3. The smallest absolute Gasteiger partial charge is 0.145 e. The number of nitrogens with two attached hydrogens (primary N) is 1. The molecule has 3 heteroatoms. The van der Waals surface area contributed by atoms with Crippen LogP contribution >= 0.6 is 0 Å². The lowest BCUT2D eigenvalue weighted by Gasteiger charge is -2.26. The second-order valence-electron chi connectivity index (χ2n) is 5.42. The molecule has 2 aromatic rings. The summed E-state index contributed by atoms with van der Waals surface area (Å²) in [6.07, 6.45) is 4.81. The van der Waals surface area contributed by atoms with E-state index in [1.807, 2.05) is 12.1 Å². The summed E-state index contributed by atoms with van der Waals surface area (Å²) in [5.74, 6) is 0.838. The van der Waals surface area contributed by atoms with Gasteiger partial charge in [0.1, 0.15) is 11.3 Å². The SMILES string of the molecule is COc1cccc2ccc(C3(CN)CCCC3)nc12. The summed E-state index contributed by atoms with van der Waals surface area (Å²) in [6, 6.07) is 10.3. The summed E-state index contributed by atoms with van der Waals surface area (Å²) >= 11 is 0. The van der Waals surface area contributed by atoms with E-state index in [1.54, 1.807) is 7.11 Å². The third-order valence-electron chi connectivity index (χ3n) is 4.40. The molecule has 2 N–H and O–H groups in total. The first kappa shape index (κ1) is 12.4. The fourth-order valence-electron chi connectivity index (χ4n) is 3.20. The zero-order valence-corrected chi connectivity index (χ0v) is 11.4. The molecular formula is C16H20N2O. The molecule has 1 aliphatic carbocycles. The Morgan fingerprint density at radius 2 is 2.00 bits per heavy atom. The number of fused-ring (bicyclic) bond motifs is 1. The predicted molar refractivity (Wildman–Crippen MR) is 77.5 cm³/mol. The van der Waals surface area contributed by atoms with Crippen molar-refractivity contribution in [1.29, 1.82) is 0 Å². The van der Waals surface area contributed by atoms with Crippen molar-refractivity contribution in [3.8, 4) is 5.75 Å². The maximum atomic E-state index is 6.04. The van der Waals surface area contributed by atoms with E-state index in [9.17, 15) is 0 Å². The Morgan fingerprint density at radius 3 is 2.68 bits per heavy atom. The molecule has 0 atom stereocenters. The van der Waals surface area contributed by atoms with E-state index < -0.39 is 0 Å². The molecule has 19 heavy (non-hydrogen) atoms. The largest absolute Gasteiger partial charge is 0.494 e. The minimum Gasteiger partial charge on any atom is -0.494 e. The summed E-state index contributed by atoms with van der Waals surface area (Å²) in [7, 11) is 1.69. The van der Waals surface area contributed by atoms with Crippen molar-refractivity contribution in [2.45, 2.75) is 31.1 Å². The normalized spacial score (nSPS) is 17.8. The predicted octanol–water partition coefficient (Wildman–Crippen LogP) is 3.01. The highest BCUT2D eigenvalue weighted by molar-refractivity contribution is 5.84. The molecule has 1 aromatic heterocycles. The molecule has 1 saturated carbocycles. The Hall–Kier alpha value is -1.61. The molecule has 1 aliphatic rings. The number of hydrogen-bond acceptors (Lipinski definition) is 3. The molecule has 0 spiro atoms. The van der Waals surface area contributed by atoms with E-state index in [0.29, 0.717) is 6.54 Å². The van der Waals surface area contributed by atoms with Crippen molar-refractivity contribution >= 4 is 10.9 Å². The van der Waals surface area contributed by atoms with Crippen molar-refractivity contribution in [1.82, 2.24) is 4.98 Å². The summed E-state index contributed by atoms with van der Waals surface area (Å²) < 4.78 is 5.42. The molecule has 0 radical (unpaired) electrons. The lowest BCUT2D eigenvalue weighted by Crippen LogP contribution is -2.32. The molecular weight excluding hydrogens is 236 g/mol. The molecule has 3 rings (SSSR count). The number of pyridine rings is 1. The van der Waals surface area contributed by atoms with Crippen LogP contribution in [0.15, 0.2) is 30.3 Å². The molecule has 0 aliphatic heterocycles. The number of rotatable bonds is 3. The molecule has 1 aromatic carbocycles. The molecule has 1 fully saturated rings. The van der Waals surface area contributed by atoms with Crippen LogP contribution in [-0.2, 0) is 5.41 Å². The Labute approximate surface area is 113 Å². The van der Waals surface area contributed by atoms with Gasteiger partial charge in [-0.25, -0.2) is 4.98 Å². The fourth-order valence-corrected chi connectivity index (χ4v) is 3.20. The number of hydrogen-bond donors (Lipinski definition) is 1. The average molecular weight is 256 g/mol. The van der Waals surface area contributed by atoms with Crippen LogP contribution in [0, 0.1) is 0 Å². The van der Waals surface area contributed by atoms with Gasteiger partial charge in [0.25, 0.3) is 0 Å². The molecule has 100 valence electrons. The second-order valence-corrected chi connectivity index (χ2v) is 5.42. The summed E-state index contributed by atoms with van der Waals surface area (Å²) in [6.45, 7) is 0.681. The van der Waals surface area contributed by atoms with E-state index in [1.165, 1.54) is 12.8 Å². The lowest BCUT2D eigenvalue weighted by atomic mass is 9.82. The van der Waals surface area contributed by atoms with Crippen LogP contribution in [0.25, 0.3) is 10.9 Å². The van der Waals surface area contributed by atoms with Crippen LogP contribution in [0.4, 0.5) is 0 Å². The summed E-state index contributed by atoms with van der Waals surface area (Å²) in [5, 5.41) is 1.12. The van der Waals surface area contributed by atoms with Crippen LogP contribution in [-0.4, -0.2) is 18.6 Å². The van der Waals surface area contributed by atoms with E-state index >= 15 is 0 Å². The van der Waals surface area contributed by atoms with Gasteiger partial charge in [0, 0.05) is 23.0 Å². The van der Waals surface area contributed by atoms with Crippen LogP contribution in [0.3, 0.4) is 0 Å². The van der Waals surface area contributed by atoms with Gasteiger partial charge >= 0.3 is 0 Å². The number of aromatic nitrogens is 1. The number of benzene rings is 1. The first-order valence-corrected chi connectivity index (χ1v) is 6.93. The molecule has 1 heterocycles. The van der Waals surface area contributed by atoms with Gasteiger partial charge < -0.3 is 10.5 Å². The summed E-state index contributed by atoms with van der Waals surface area (Å²) in [4.78, 5) is 4.87. The topological polar surface area (TPSA) is 48.1 Å². The van der Waals surface area contributed by atoms with E-state index in [4.69, 9.17) is 15.5 Å². The summed E-state index contributed by atoms with van der Waals surface area (Å²) in [5.41, 5.74) is 8.20. The van der Waals surface area contributed by atoms with E-state index in [0.717, 1.165) is 35.2 Å². The van der Waals surface area contributed by atoms with Crippen LogP contribution < -0.4 is 10.5 Å². The van der Waals surface area contributed by atoms with Gasteiger partial charge in [0.2, 0.25) is 0 Å². The minimum atomic E-state index is 0.0784. The maximum Gasteiger partial charge on any atom is 0.145 e. The Morgan fingerprint density at radius 1 is 1.21 bits per heavy atom. The highest BCUT2D eigenvalue weighted by Crippen LogP contribution is 2.40. The van der Waals surface area contributed by atoms with Crippen LogP contribution in [0.2, 0.25) is 0 Å². The van der Waals surface area contributed by atoms with Crippen molar-refractivity contribution < 1.29 is 4.74 Å². The van der Waals surface area contributed by atoms with Crippen molar-refractivity contribution in [2.24, 2.45) is 5.73 Å². The van der Waals surface area contributed by atoms with Gasteiger partial charge in [-0.1, -0.05) is 31.0 Å². The number of nitrogens with zero attached hydrogens (tertiary/aromatic N) is 1. The van der Waals surface area contributed by atoms with Gasteiger partial charge in [0.05, 0.1) is 7.11 Å². The zero-order valence-electron chi connectivity index (χ0n) is 11.4. The first-order valence-electron chi connectivity index (χ1n) is 6.93. The monoisotopic (exact) mass is 256 g/mol. The Balaban J connectivity index is 2.15. The second kappa shape index (κ2) is 4.82. The van der Waals surface area contributed by atoms with Crippen molar-refractivity contribution in [3.63, 3.8) is 0 Å². The van der Waals surface area contributed by atoms with Gasteiger partial charge in [-0.2, -0.15) is 0 Å². The van der Waals surface area contributed by atoms with Gasteiger partial charge in [-0.15, -0.1) is 0 Å². The molecule has 0 bridgehead atoms. The van der Waals surface area contributed by atoms with Gasteiger partial charge in [-0.05, 0) is 25.0 Å². The Kier molecular flexibility index (Phi) is 3.15. The number of para-hydroxylation sites is 1. The quantitative estimate of drug-likeness (QED) is 0.918. The van der Waals surface area contributed by atoms with Gasteiger partial charge in [-0.3, -0.25) is 0 Å². The maximum absolute atomic E-state index is 6.04. The van der Waals surface area contributed by atoms with Crippen molar-refractivity contribution in [2.75, 3.05) is 13.7 Å². The highest BCUT2D eigenvalue weighted by Gasteiger charge is 2.35. The molecule has 0 unspecified atom stereocenters. The van der Waals surface area contributed by atoms with E-state index in [2.05, 4.69) is 18.2 Å². The minimum absolute atomic E-state index is 0.0784. The number of ether oxygens (including phenoxy) is 1. The van der Waals surface area contributed by atoms with Crippen molar-refractivity contribution in [3.05, 3.63) is 36.0 Å². The Bertz CT molecular complexity index is 588. The van der Waals surface area contributed by atoms with Crippen LogP contribution in [0.5, 0.6) is 5.75 Å². The molecule has 0 saturated heterocycles. The van der Waals surface area contributed by atoms with E-state index in [-0.39, 0.29) is 5.41 Å². The third-order valence-corrected chi connectivity index (χ3v) is 4.40. The lowest BCUT2D eigenvalue weighted by molar-refractivity contribution is 0.416. The molecule has 3 nitrogen and oxygen atoms in total.